The molecule has 1 N–H and O–H groups in total. The van der Waals surface area contributed by atoms with Crippen molar-refractivity contribution in [3.63, 3.8) is 0 Å². The number of Topliss-reactive ketones (excluding diaryl/α,β-unsaturated/α-hetero) is 1. The summed E-state index contributed by atoms with van der Waals surface area (Å²) in [6.07, 6.45) is 2.92. The number of aliphatic hydroxyl groups excluding tert-OH is 1. The van der Waals surface area contributed by atoms with Gasteiger partial charge in [0.25, 0.3) is 11.7 Å². The molecule has 2 aromatic carbocycles. The molecule has 7 heteroatoms. The van der Waals surface area contributed by atoms with Gasteiger partial charge in [-0.05, 0) is 42.5 Å². The van der Waals surface area contributed by atoms with Crippen LogP contribution in [0.25, 0.3) is 5.76 Å². The monoisotopic (exact) mass is 408 g/mol. The summed E-state index contributed by atoms with van der Waals surface area (Å²) in [5.74, 6) is -2.79. The molecule has 1 saturated heterocycles. The summed E-state index contributed by atoms with van der Waals surface area (Å²) in [4.78, 5) is 30.9. The van der Waals surface area contributed by atoms with E-state index in [2.05, 4.69) is 4.98 Å². The minimum Gasteiger partial charge on any atom is -0.507 e. The van der Waals surface area contributed by atoms with Gasteiger partial charge in [0.15, 0.2) is 0 Å². The first kappa shape index (κ1) is 18.8. The first-order valence-electron chi connectivity index (χ1n) is 8.70. The Labute approximate surface area is 170 Å². The normalized spacial score (nSPS) is 18.3. The van der Waals surface area contributed by atoms with Gasteiger partial charge in [0.1, 0.15) is 11.6 Å². The first-order valence-corrected chi connectivity index (χ1v) is 9.08. The Bertz CT molecular complexity index is 1130. The van der Waals surface area contributed by atoms with E-state index in [1.807, 2.05) is 0 Å². The quantitative estimate of drug-likeness (QED) is 0.393. The molecule has 29 heavy (non-hydrogen) atoms. The highest BCUT2D eigenvalue weighted by Crippen LogP contribution is 2.42. The van der Waals surface area contributed by atoms with E-state index >= 15 is 0 Å². The molecule has 1 aromatic heterocycles. The van der Waals surface area contributed by atoms with Gasteiger partial charge in [-0.15, -0.1) is 0 Å². The summed E-state index contributed by atoms with van der Waals surface area (Å²) in [7, 11) is 0. The van der Waals surface area contributed by atoms with Crippen LogP contribution in [0.1, 0.15) is 17.2 Å². The van der Waals surface area contributed by atoms with E-state index in [4.69, 9.17) is 11.6 Å². The lowest BCUT2D eigenvalue weighted by molar-refractivity contribution is -0.132. The molecule has 144 valence electrons. The minimum absolute atomic E-state index is 0.0890. The number of nitrogens with zero attached hydrogens (tertiary/aromatic N) is 2. The number of halogens is 2. The Morgan fingerprint density at radius 3 is 2.41 bits per heavy atom. The summed E-state index contributed by atoms with van der Waals surface area (Å²) in [5, 5.41) is 11.3. The fourth-order valence-electron chi connectivity index (χ4n) is 3.35. The number of anilines is 1. The third-order valence-corrected chi connectivity index (χ3v) is 4.94. The molecule has 1 amide bonds. The first-order chi connectivity index (χ1) is 14.0. The molecule has 0 saturated carbocycles. The largest absolute Gasteiger partial charge is 0.507 e. The van der Waals surface area contributed by atoms with E-state index in [9.17, 15) is 19.1 Å². The van der Waals surface area contributed by atoms with E-state index in [0.29, 0.717) is 16.3 Å². The second-order valence-corrected chi connectivity index (χ2v) is 6.85. The number of aromatic nitrogens is 1. The zero-order valence-electron chi connectivity index (χ0n) is 14.9. The number of amides is 1. The molecule has 0 radical (unpaired) electrons. The molecule has 0 spiro atoms. The molecule has 4 rings (SSSR count). The van der Waals surface area contributed by atoms with Crippen molar-refractivity contribution >= 4 is 34.7 Å². The second kappa shape index (κ2) is 7.48. The number of ketones is 1. The van der Waals surface area contributed by atoms with Gasteiger partial charge >= 0.3 is 0 Å². The van der Waals surface area contributed by atoms with Gasteiger partial charge in [0.2, 0.25) is 0 Å². The summed E-state index contributed by atoms with van der Waals surface area (Å²) in [5.41, 5.74) is 0.496. The zero-order valence-corrected chi connectivity index (χ0v) is 15.7. The number of carbonyl (C=O) groups is 2. The van der Waals surface area contributed by atoms with Gasteiger partial charge < -0.3 is 5.11 Å². The number of carbonyl (C=O) groups excluding carboxylic acids is 2. The third kappa shape index (κ3) is 3.28. The Kier molecular flexibility index (Phi) is 4.86. The van der Waals surface area contributed by atoms with Crippen molar-refractivity contribution in [3.05, 3.63) is 101 Å². The predicted molar refractivity (Wildman–Crippen MR) is 107 cm³/mol. The average molecular weight is 409 g/mol. The fraction of sp³-hybridized carbons (Fsp3) is 0.0455. The Hall–Kier alpha value is -3.51. The maximum atomic E-state index is 14.7. The van der Waals surface area contributed by atoms with Crippen LogP contribution in [0.3, 0.4) is 0 Å². The van der Waals surface area contributed by atoms with Crippen LogP contribution in [-0.4, -0.2) is 21.8 Å². The molecule has 0 bridgehead atoms. The lowest BCUT2D eigenvalue weighted by Gasteiger charge is -2.25. The van der Waals surface area contributed by atoms with Gasteiger partial charge in [-0.1, -0.05) is 29.8 Å². The molecular weight excluding hydrogens is 395 g/mol. The van der Waals surface area contributed by atoms with Crippen LogP contribution < -0.4 is 4.90 Å². The molecule has 1 aliphatic heterocycles. The zero-order chi connectivity index (χ0) is 20.5. The average Bonchev–Trinajstić information content (AvgIpc) is 3.00. The van der Waals surface area contributed by atoms with Gasteiger partial charge in [0.05, 0.1) is 23.5 Å². The summed E-state index contributed by atoms with van der Waals surface area (Å²) >= 11 is 5.89. The van der Waals surface area contributed by atoms with E-state index in [1.165, 1.54) is 42.7 Å². The number of rotatable bonds is 3. The van der Waals surface area contributed by atoms with Crippen molar-refractivity contribution in [1.82, 2.24) is 4.98 Å². The molecular formula is C22H14ClFN2O3. The minimum atomic E-state index is -1.14. The van der Waals surface area contributed by atoms with Crippen LogP contribution in [0.4, 0.5) is 10.1 Å². The lowest BCUT2D eigenvalue weighted by atomic mass is 9.95. The van der Waals surface area contributed by atoms with E-state index in [0.717, 1.165) is 4.90 Å². The third-order valence-electron chi connectivity index (χ3n) is 4.69. The van der Waals surface area contributed by atoms with Crippen LogP contribution in [0.2, 0.25) is 5.02 Å². The van der Waals surface area contributed by atoms with Crippen LogP contribution in [0.5, 0.6) is 0 Å². The Balaban J connectivity index is 1.97. The van der Waals surface area contributed by atoms with Crippen molar-refractivity contribution in [2.24, 2.45) is 0 Å². The Morgan fingerprint density at radius 1 is 1.03 bits per heavy atom. The summed E-state index contributed by atoms with van der Waals surface area (Å²) in [6, 6.07) is 14.0. The van der Waals surface area contributed by atoms with E-state index in [-0.39, 0.29) is 11.1 Å². The van der Waals surface area contributed by atoms with Crippen molar-refractivity contribution in [2.75, 3.05) is 4.90 Å². The summed E-state index contributed by atoms with van der Waals surface area (Å²) in [6.45, 7) is 0. The van der Waals surface area contributed by atoms with E-state index < -0.39 is 29.3 Å². The van der Waals surface area contributed by atoms with E-state index in [1.54, 1.807) is 30.3 Å². The number of pyridine rings is 1. The standard InChI is InChI=1S/C22H14ClFN2O3/c23-14-9-7-13(8-10-14)20(27)18-19(16-5-1-2-6-17(16)24)26(22(29)21(18)28)15-4-3-11-25-12-15/h1-12,19,27H/b20-18+. The van der Waals surface area contributed by atoms with Crippen LogP contribution in [0, 0.1) is 5.82 Å². The lowest BCUT2D eigenvalue weighted by Crippen LogP contribution is -2.29. The van der Waals surface area contributed by atoms with Crippen LogP contribution >= 0.6 is 11.6 Å². The number of aliphatic hydroxyl groups is 1. The van der Waals surface area contributed by atoms with Crippen molar-refractivity contribution in [2.45, 2.75) is 6.04 Å². The molecule has 2 heterocycles. The molecule has 1 aliphatic rings. The molecule has 1 unspecified atom stereocenters. The smallest absolute Gasteiger partial charge is 0.300 e. The van der Waals surface area contributed by atoms with Crippen molar-refractivity contribution in [1.29, 1.82) is 0 Å². The second-order valence-electron chi connectivity index (χ2n) is 6.41. The van der Waals surface area contributed by atoms with Crippen molar-refractivity contribution < 1.29 is 19.1 Å². The predicted octanol–water partition coefficient (Wildman–Crippen LogP) is 4.50. The molecule has 5 nitrogen and oxygen atoms in total. The molecule has 3 aromatic rings. The fourth-order valence-corrected chi connectivity index (χ4v) is 3.48. The number of hydrogen-bond acceptors (Lipinski definition) is 4. The van der Waals surface area contributed by atoms with Gasteiger partial charge in [-0.3, -0.25) is 19.5 Å². The number of benzene rings is 2. The van der Waals surface area contributed by atoms with Crippen molar-refractivity contribution in [3.8, 4) is 0 Å². The highest BCUT2D eigenvalue weighted by molar-refractivity contribution is 6.51. The highest BCUT2D eigenvalue weighted by atomic mass is 35.5. The molecule has 1 fully saturated rings. The highest BCUT2D eigenvalue weighted by Gasteiger charge is 2.47. The number of hydrogen-bond donors (Lipinski definition) is 1. The molecule has 1 atom stereocenters. The van der Waals surface area contributed by atoms with Crippen LogP contribution in [-0.2, 0) is 9.59 Å². The van der Waals surface area contributed by atoms with Crippen LogP contribution in [0.15, 0.2) is 78.6 Å². The molecule has 0 aliphatic carbocycles. The summed E-state index contributed by atoms with van der Waals surface area (Å²) < 4.78 is 14.7. The Morgan fingerprint density at radius 2 is 1.76 bits per heavy atom. The van der Waals surface area contributed by atoms with Gasteiger partial charge in [-0.25, -0.2) is 4.39 Å². The van der Waals surface area contributed by atoms with Gasteiger partial charge in [0, 0.05) is 22.3 Å². The maximum absolute atomic E-state index is 14.7. The maximum Gasteiger partial charge on any atom is 0.300 e. The van der Waals surface area contributed by atoms with Gasteiger partial charge in [-0.2, -0.15) is 0 Å². The topological polar surface area (TPSA) is 70.5 Å². The SMILES string of the molecule is O=C1C(=O)N(c2cccnc2)C(c2ccccc2F)/C1=C(\O)c1ccc(Cl)cc1.